The number of nitrogens with two attached hydrogens (primary N) is 1. The summed E-state index contributed by atoms with van der Waals surface area (Å²) in [6, 6.07) is -0.481. The molecule has 1 rings (SSSR count). The summed E-state index contributed by atoms with van der Waals surface area (Å²) >= 11 is 0. The Labute approximate surface area is 96.4 Å². The molecule has 0 aliphatic carbocycles. The highest BCUT2D eigenvalue weighted by Gasteiger charge is 2.24. The van der Waals surface area contributed by atoms with E-state index >= 15 is 0 Å². The van der Waals surface area contributed by atoms with Crippen LogP contribution in [-0.4, -0.2) is 42.4 Å². The third kappa shape index (κ3) is 3.81. The maximum atomic E-state index is 12.0. The van der Waals surface area contributed by atoms with Crippen LogP contribution in [0.5, 0.6) is 0 Å². The molecule has 2 amide bonds. The molecule has 0 bridgehead atoms. The Morgan fingerprint density at radius 1 is 1.56 bits per heavy atom. The van der Waals surface area contributed by atoms with Gasteiger partial charge < -0.3 is 16.0 Å². The number of carbonyl (C=O) groups is 2. The lowest BCUT2D eigenvalue weighted by Gasteiger charge is -2.23. The van der Waals surface area contributed by atoms with E-state index < -0.39 is 6.04 Å². The average molecular weight is 227 g/mol. The zero-order valence-corrected chi connectivity index (χ0v) is 10.0. The summed E-state index contributed by atoms with van der Waals surface area (Å²) < 4.78 is 0. The number of amides is 2. The van der Waals surface area contributed by atoms with E-state index in [1.54, 1.807) is 4.90 Å². The Morgan fingerprint density at radius 3 is 2.88 bits per heavy atom. The molecule has 92 valence electrons. The van der Waals surface area contributed by atoms with Crippen LogP contribution in [0.3, 0.4) is 0 Å². The van der Waals surface area contributed by atoms with Gasteiger partial charge in [-0.2, -0.15) is 0 Å². The summed E-state index contributed by atoms with van der Waals surface area (Å²) in [5, 5.41) is 2.74. The van der Waals surface area contributed by atoms with Gasteiger partial charge in [0.25, 0.3) is 0 Å². The van der Waals surface area contributed by atoms with Crippen molar-refractivity contribution in [2.24, 2.45) is 11.7 Å². The minimum atomic E-state index is -0.481. The minimum Gasteiger partial charge on any atom is -0.354 e. The zero-order chi connectivity index (χ0) is 12.1. The molecule has 0 aromatic carbocycles. The summed E-state index contributed by atoms with van der Waals surface area (Å²) in [7, 11) is 0. The van der Waals surface area contributed by atoms with Gasteiger partial charge in [-0.25, -0.2) is 0 Å². The van der Waals surface area contributed by atoms with Crippen LogP contribution in [0.4, 0.5) is 0 Å². The summed E-state index contributed by atoms with van der Waals surface area (Å²) in [4.78, 5) is 24.8. The van der Waals surface area contributed by atoms with E-state index in [-0.39, 0.29) is 18.4 Å². The first-order chi connectivity index (χ1) is 7.50. The molecule has 0 saturated carbocycles. The molecule has 5 nitrogen and oxygen atoms in total. The molecule has 1 fully saturated rings. The molecule has 0 unspecified atom stereocenters. The Hall–Kier alpha value is -1.10. The van der Waals surface area contributed by atoms with E-state index in [1.165, 1.54) is 0 Å². The first-order valence-corrected chi connectivity index (χ1v) is 5.81. The highest BCUT2D eigenvalue weighted by Crippen LogP contribution is 2.07. The van der Waals surface area contributed by atoms with Gasteiger partial charge in [0.15, 0.2) is 0 Å². The molecule has 16 heavy (non-hydrogen) atoms. The lowest BCUT2D eigenvalue weighted by Crippen LogP contribution is -2.46. The van der Waals surface area contributed by atoms with E-state index in [2.05, 4.69) is 5.32 Å². The standard InChI is InChI=1S/C11H21N3O2/c1-8(2)6-9(12)11(16)14-5-3-4-13-10(15)7-14/h8-9H,3-7,12H2,1-2H3,(H,13,15)/t9-/m0/s1. The highest BCUT2D eigenvalue weighted by molar-refractivity contribution is 5.87. The summed E-state index contributed by atoms with van der Waals surface area (Å²) in [5.74, 6) is 0.188. The normalized spacial score (nSPS) is 19.2. The van der Waals surface area contributed by atoms with Crippen molar-refractivity contribution in [2.75, 3.05) is 19.6 Å². The number of hydrogen-bond acceptors (Lipinski definition) is 3. The van der Waals surface area contributed by atoms with Crippen LogP contribution in [0.2, 0.25) is 0 Å². The predicted octanol–water partition coefficient (Wildman–Crippen LogP) is -0.292. The van der Waals surface area contributed by atoms with E-state index in [9.17, 15) is 9.59 Å². The van der Waals surface area contributed by atoms with E-state index in [0.29, 0.717) is 25.4 Å². The fraction of sp³-hybridized carbons (Fsp3) is 0.818. The maximum Gasteiger partial charge on any atom is 0.239 e. The second-order valence-corrected chi connectivity index (χ2v) is 4.70. The fourth-order valence-corrected chi connectivity index (χ4v) is 1.84. The summed E-state index contributed by atoms with van der Waals surface area (Å²) in [6.07, 6.45) is 1.46. The van der Waals surface area contributed by atoms with Gasteiger partial charge in [-0.3, -0.25) is 9.59 Å². The van der Waals surface area contributed by atoms with Crippen molar-refractivity contribution in [2.45, 2.75) is 32.7 Å². The smallest absolute Gasteiger partial charge is 0.239 e. The molecular formula is C11H21N3O2. The molecule has 1 aliphatic heterocycles. The highest BCUT2D eigenvalue weighted by atomic mass is 16.2. The Balaban J connectivity index is 2.54. The number of carbonyl (C=O) groups excluding carboxylic acids is 2. The van der Waals surface area contributed by atoms with Crippen LogP contribution >= 0.6 is 0 Å². The first kappa shape index (κ1) is 13.0. The zero-order valence-electron chi connectivity index (χ0n) is 10.0. The lowest BCUT2D eigenvalue weighted by molar-refractivity contribution is -0.136. The molecule has 0 aromatic rings. The second-order valence-electron chi connectivity index (χ2n) is 4.70. The Bertz CT molecular complexity index is 266. The van der Waals surface area contributed by atoms with Crippen LogP contribution in [0.25, 0.3) is 0 Å². The molecule has 1 aliphatic rings. The summed E-state index contributed by atoms with van der Waals surface area (Å²) in [5.41, 5.74) is 5.82. The number of nitrogens with zero attached hydrogens (tertiary/aromatic N) is 1. The molecule has 5 heteroatoms. The van der Waals surface area contributed by atoms with Gasteiger partial charge in [0.05, 0.1) is 12.6 Å². The number of hydrogen-bond donors (Lipinski definition) is 2. The first-order valence-electron chi connectivity index (χ1n) is 5.81. The Kier molecular flexibility index (Phi) is 4.73. The van der Waals surface area contributed by atoms with Crippen molar-refractivity contribution < 1.29 is 9.59 Å². The number of rotatable bonds is 3. The third-order valence-electron chi connectivity index (χ3n) is 2.62. The summed E-state index contributed by atoms with van der Waals surface area (Å²) in [6.45, 7) is 5.46. The Morgan fingerprint density at radius 2 is 2.25 bits per heavy atom. The quantitative estimate of drug-likeness (QED) is 0.695. The van der Waals surface area contributed by atoms with Crippen LogP contribution in [0.1, 0.15) is 26.7 Å². The second kappa shape index (κ2) is 5.84. The van der Waals surface area contributed by atoms with Crippen molar-refractivity contribution in [1.82, 2.24) is 10.2 Å². The van der Waals surface area contributed by atoms with Crippen LogP contribution < -0.4 is 11.1 Å². The van der Waals surface area contributed by atoms with Gasteiger partial charge in [-0.15, -0.1) is 0 Å². The monoisotopic (exact) mass is 227 g/mol. The fourth-order valence-electron chi connectivity index (χ4n) is 1.84. The lowest BCUT2D eigenvalue weighted by atomic mass is 10.0. The van der Waals surface area contributed by atoms with Crippen molar-refractivity contribution in [3.63, 3.8) is 0 Å². The molecule has 0 aromatic heterocycles. The van der Waals surface area contributed by atoms with Gasteiger partial charge >= 0.3 is 0 Å². The van der Waals surface area contributed by atoms with Crippen LogP contribution in [-0.2, 0) is 9.59 Å². The van der Waals surface area contributed by atoms with Gasteiger partial charge in [0.1, 0.15) is 0 Å². The minimum absolute atomic E-state index is 0.0948. The SMILES string of the molecule is CC(C)C[C@H](N)C(=O)N1CCCNC(=O)C1. The topological polar surface area (TPSA) is 75.4 Å². The van der Waals surface area contributed by atoms with Crippen molar-refractivity contribution >= 4 is 11.8 Å². The molecule has 0 radical (unpaired) electrons. The van der Waals surface area contributed by atoms with Crippen LogP contribution in [0.15, 0.2) is 0 Å². The molecule has 1 heterocycles. The molecule has 1 saturated heterocycles. The van der Waals surface area contributed by atoms with Gasteiger partial charge in [0, 0.05) is 13.1 Å². The molecule has 0 spiro atoms. The maximum absolute atomic E-state index is 12.0. The van der Waals surface area contributed by atoms with Crippen LogP contribution in [0, 0.1) is 5.92 Å². The number of nitrogens with one attached hydrogen (secondary N) is 1. The van der Waals surface area contributed by atoms with Gasteiger partial charge in [0.2, 0.25) is 11.8 Å². The average Bonchev–Trinajstić information content (AvgIpc) is 2.40. The van der Waals surface area contributed by atoms with E-state index in [4.69, 9.17) is 5.73 Å². The van der Waals surface area contributed by atoms with Crippen molar-refractivity contribution in [1.29, 1.82) is 0 Å². The van der Waals surface area contributed by atoms with Gasteiger partial charge in [-0.1, -0.05) is 13.8 Å². The molecular weight excluding hydrogens is 206 g/mol. The van der Waals surface area contributed by atoms with E-state index in [1.807, 2.05) is 13.8 Å². The third-order valence-corrected chi connectivity index (χ3v) is 2.62. The van der Waals surface area contributed by atoms with E-state index in [0.717, 1.165) is 6.42 Å². The van der Waals surface area contributed by atoms with Crippen molar-refractivity contribution in [3.8, 4) is 0 Å². The molecule has 1 atom stereocenters. The molecule has 3 N–H and O–H groups in total. The van der Waals surface area contributed by atoms with Gasteiger partial charge in [-0.05, 0) is 18.8 Å². The predicted molar refractivity (Wildman–Crippen MR) is 61.6 cm³/mol. The largest absolute Gasteiger partial charge is 0.354 e. The van der Waals surface area contributed by atoms with Crippen molar-refractivity contribution in [3.05, 3.63) is 0 Å².